The van der Waals surface area contributed by atoms with Crippen molar-refractivity contribution in [3.8, 4) is 23.1 Å². The third-order valence-corrected chi connectivity index (χ3v) is 2.90. The summed E-state index contributed by atoms with van der Waals surface area (Å²) in [5.74, 6) is 0.630. The highest BCUT2D eigenvalue weighted by atomic mass is 16.5. The van der Waals surface area contributed by atoms with Crippen molar-refractivity contribution >= 4 is 5.65 Å². The van der Waals surface area contributed by atoms with Crippen molar-refractivity contribution in [2.24, 2.45) is 0 Å². The predicted molar refractivity (Wildman–Crippen MR) is 69.7 cm³/mol. The molecule has 0 radical (unpaired) electrons. The number of methoxy groups -OCH3 is 1. The lowest BCUT2D eigenvalue weighted by Gasteiger charge is -2.02. The molecule has 0 N–H and O–H groups in total. The quantitative estimate of drug-likeness (QED) is 0.700. The normalized spacial score (nSPS) is 10.3. The maximum atomic E-state index is 8.80. The van der Waals surface area contributed by atoms with Crippen LogP contribution in [-0.2, 0) is 0 Å². The standard InChI is InChI=1S/C14H10N4O/c1-19-13-6-7-16-14-12(9-17-18(13)14)11-4-2-10(8-15)3-5-11/h2-7,9H,1H3. The Morgan fingerprint density at radius 2 is 2.00 bits per heavy atom. The number of nitriles is 1. The van der Waals surface area contributed by atoms with E-state index in [1.165, 1.54) is 0 Å². The molecule has 0 aliphatic heterocycles. The Morgan fingerprint density at radius 1 is 1.21 bits per heavy atom. The fourth-order valence-corrected chi connectivity index (χ4v) is 1.95. The van der Waals surface area contributed by atoms with Gasteiger partial charge in [-0.25, -0.2) is 4.98 Å². The SMILES string of the molecule is COc1ccnc2c(-c3ccc(C#N)cc3)cnn12. The van der Waals surface area contributed by atoms with Gasteiger partial charge in [0.15, 0.2) is 5.65 Å². The molecular weight excluding hydrogens is 240 g/mol. The van der Waals surface area contributed by atoms with Gasteiger partial charge in [-0.3, -0.25) is 0 Å². The molecule has 0 aliphatic rings. The van der Waals surface area contributed by atoms with Gasteiger partial charge >= 0.3 is 0 Å². The first-order valence-electron chi connectivity index (χ1n) is 5.71. The van der Waals surface area contributed by atoms with Crippen molar-refractivity contribution in [2.45, 2.75) is 0 Å². The van der Waals surface area contributed by atoms with Crippen LogP contribution < -0.4 is 4.74 Å². The van der Waals surface area contributed by atoms with E-state index in [1.54, 1.807) is 42.2 Å². The molecule has 0 fully saturated rings. The van der Waals surface area contributed by atoms with Crippen LogP contribution in [-0.4, -0.2) is 21.7 Å². The number of nitrogens with zero attached hydrogens (tertiary/aromatic N) is 4. The van der Waals surface area contributed by atoms with Gasteiger partial charge < -0.3 is 4.74 Å². The summed E-state index contributed by atoms with van der Waals surface area (Å²) in [7, 11) is 1.60. The largest absolute Gasteiger partial charge is 0.481 e. The van der Waals surface area contributed by atoms with E-state index in [0.717, 1.165) is 16.8 Å². The number of rotatable bonds is 2. The van der Waals surface area contributed by atoms with Crippen LogP contribution in [0.2, 0.25) is 0 Å². The van der Waals surface area contributed by atoms with Crippen LogP contribution in [0.15, 0.2) is 42.7 Å². The number of benzene rings is 1. The van der Waals surface area contributed by atoms with Crippen molar-refractivity contribution in [2.75, 3.05) is 7.11 Å². The van der Waals surface area contributed by atoms with Crippen LogP contribution in [0.5, 0.6) is 5.88 Å². The maximum absolute atomic E-state index is 8.80. The molecule has 19 heavy (non-hydrogen) atoms. The first-order chi connectivity index (χ1) is 9.33. The molecular formula is C14H10N4O. The van der Waals surface area contributed by atoms with Crippen molar-refractivity contribution in [1.29, 1.82) is 5.26 Å². The monoisotopic (exact) mass is 250 g/mol. The van der Waals surface area contributed by atoms with Crippen LogP contribution in [0.1, 0.15) is 5.56 Å². The van der Waals surface area contributed by atoms with Crippen LogP contribution >= 0.6 is 0 Å². The third kappa shape index (κ3) is 1.79. The molecule has 0 unspecified atom stereocenters. The molecule has 5 heteroatoms. The van der Waals surface area contributed by atoms with Gasteiger partial charge in [0, 0.05) is 17.8 Å². The predicted octanol–water partition coefficient (Wildman–Crippen LogP) is 2.28. The Labute approximate surface area is 109 Å². The van der Waals surface area contributed by atoms with E-state index in [-0.39, 0.29) is 0 Å². The summed E-state index contributed by atoms with van der Waals surface area (Å²) in [6, 6.07) is 11.2. The minimum atomic E-state index is 0.630. The number of hydrogen-bond acceptors (Lipinski definition) is 4. The van der Waals surface area contributed by atoms with Crippen molar-refractivity contribution < 1.29 is 4.74 Å². The Balaban J connectivity index is 2.17. The summed E-state index contributed by atoms with van der Waals surface area (Å²) in [6.07, 6.45) is 3.43. The smallest absolute Gasteiger partial charge is 0.217 e. The Kier molecular flexibility index (Phi) is 2.62. The van der Waals surface area contributed by atoms with E-state index in [1.807, 2.05) is 12.1 Å². The topological polar surface area (TPSA) is 63.2 Å². The summed E-state index contributed by atoms with van der Waals surface area (Å²) in [6.45, 7) is 0. The highest BCUT2D eigenvalue weighted by molar-refractivity contribution is 5.77. The Bertz CT molecular complexity index is 768. The molecule has 92 valence electrons. The second kappa shape index (κ2) is 4.42. The van der Waals surface area contributed by atoms with Gasteiger partial charge in [-0.2, -0.15) is 14.9 Å². The second-order valence-electron chi connectivity index (χ2n) is 3.97. The number of ether oxygens (including phenoxy) is 1. The van der Waals surface area contributed by atoms with Gasteiger partial charge in [-0.1, -0.05) is 12.1 Å². The molecule has 3 aromatic rings. The van der Waals surface area contributed by atoms with E-state index < -0.39 is 0 Å². The van der Waals surface area contributed by atoms with E-state index in [0.29, 0.717) is 11.4 Å². The first-order valence-corrected chi connectivity index (χ1v) is 5.71. The van der Waals surface area contributed by atoms with Crippen molar-refractivity contribution in [3.05, 3.63) is 48.3 Å². The fraction of sp³-hybridized carbons (Fsp3) is 0.0714. The van der Waals surface area contributed by atoms with Crippen molar-refractivity contribution in [3.63, 3.8) is 0 Å². The van der Waals surface area contributed by atoms with Crippen LogP contribution in [0, 0.1) is 11.3 Å². The van der Waals surface area contributed by atoms with Gasteiger partial charge in [0.25, 0.3) is 0 Å². The molecule has 0 aliphatic carbocycles. The van der Waals surface area contributed by atoms with E-state index >= 15 is 0 Å². The van der Waals surface area contributed by atoms with Crippen LogP contribution in [0.3, 0.4) is 0 Å². The molecule has 0 spiro atoms. The zero-order valence-electron chi connectivity index (χ0n) is 10.2. The lowest BCUT2D eigenvalue weighted by Crippen LogP contribution is -1.96. The van der Waals surface area contributed by atoms with Gasteiger partial charge in [-0.05, 0) is 17.7 Å². The lowest BCUT2D eigenvalue weighted by molar-refractivity contribution is 0.385. The summed E-state index contributed by atoms with van der Waals surface area (Å²) in [5, 5.41) is 13.1. The molecule has 2 aromatic heterocycles. The molecule has 3 rings (SSSR count). The summed E-state index contributed by atoms with van der Waals surface area (Å²) < 4.78 is 6.88. The van der Waals surface area contributed by atoms with Gasteiger partial charge in [-0.15, -0.1) is 0 Å². The molecule has 0 saturated heterocycles. The average Bonchev–Trinajstić information content (AvgIpc) is 2.91. The highest BCUT2D eigenvalue weighted by Gasteiger charge is 2.10. The number of fused-ring (bicyclic) bond motifs is 1. The molecule has 5 nitrogen and oxygen atoms in total. The summed E-state index contributed by atoms with van der Waals surface area (Å²) >= 11 is 0. The minimum Gasteiger partial charge on any atom is -0.481 e. The molecule has 0 amide bonds. The van der Waals surface area contributed by atoms with Crippen LogP contribution in [0.4, 0.5) is 0 Å². The first kappa shape index (κ1) is 11.2. The lowest BCUT2D eigenvalue weighted by atomic mass is 10.1. The summed E-state index contributed by atoms with van der Waals surface area (Å²) in [5.41, 5.74) is 3.23. The molecule has 1 aromatic carbocycles. The summed E-state index contributed by atoms with van der Waals surface area (Å²) in [4.78, 5) is 4.32. The minimum absolute atomic E-state index is 0.630. The maximum Gasteiger partial charge on any atom is 0.217 e. The molecule has 0 atom stereocenters. The zero-order chi connectivity index (χ0) is 13.2. The van der Waals surface area contributed by atoms with E-state index in [2.05, 4.69) is 16.2 Å². The Hall–Kier alpha value is -2.87. The van der Waals surface area contributed by atoms with E-state index in [9.17, 15) is 0 Å². The third-order valence-electron chi connectivity index (χ3n) is 2.90. The van der Waals surface area contributed by atoms with Gasteiger partial charge in [0.1, 0.15) is 0 Å². The van der Waals surface area contributed by atoms with Crippen molar-refractivity contribution in [1.82, 2.24) is 14.6 Å². The van der Waals surface area contributed by atoms with Gasteiger partial charge in [0.05, 0.1) is 24.9 Å². The van der Waals surface area contributed by atoms with E-state index in [4.69, 9.17) is 10.00 Å². The molecule has 0 bridgehead atoms. The van der Waals surface area contributed by atoms with Crippen LogP contribution in [0.25, 0.3) is 16.8 Å². The Morgan fingerprint density at radius 3 is 2.68 bits per heavy atom. The zero-order valence-corrected chi connectivity index (χ0v) is 10.2. The number of hydrogen-bond donors (Lipinski definition) is 0. The molecule has 2 heterocycles. The average molecular weight is 250 g/mol. The number of aromatic nitrogens is 3. The van der Waals surface area contributed by atoms with Gasteiger partial charge in [0.2, 0.25) is 5.88 Å². The second-order valence-corrected chi connectivity index (χ2v) is 3.97. The fourth-order valence-electron chi connectivity index (χ4n) is 1.95. The highest BCUT2D eigenvalue weighted by Crippen LogP contribution is 2.25. The molecule has 0 saturated carbocycles.